The molecule has 2 amide bonds. The largest absolute Gasteiger partial charge is 0.481 e. The standard InChI is InChI=1S/C25H26N2O6S/c1-15(22(28)27-21-13-6-5-12-20(21)25(32)33-2)34-17-9-7-8-16(14-17)26-23(29)18-10-3-4-11-19(18)24(30)31/h3-9,12-15,18-19H,10-11H2,1-2H3,(H,26,29)(H,27,28)(H,30,31). The Hall–Kier alpha value is -3.59. The number of thioether (sulfide) groups is 1. The van der Waals surface area contributed by atoms with E-state index in [9.17, 15) is 24.3 Å². The van der Waals surface area contributed by atoms with Crippen LogP contribution in [0.5, 0.6) is 0 Å². The lowest BCUT2D eigenvalue weighted by atomic mass is 9.82. The quantitative estimate of drug-likeness (QED) is 0.293. The maximum atomic E-state index is 12.7. The van der Waals surface area contributed by atoms with Crippen molar-refractivity contribution in [2.45, 2.75) is 29.9 Å². The molecule has 3 rings (SSSR count). The molecule has 2 aromatic carbocycles. The molecule has 0 spiro atoms. The van der Waals surface area contributed by atoms with Crippen LogP contribution < -0.4 is 10.6 Å². The van der Waals surface area contributed by atoms with Gasteiger partial charge in [0.05, 0.1) is 35.4 Å². The van der Waals surface area contributed by atoms with Crippen LogP contribution in [0.1, 0.15) is 30.1 Å². The average Bonchev–Trinajstić information content (AvgIpc) is 2.84. The minimum atomic E-state index is -0.984. The Morgan fingerprint density at radius 2 is 1.71 bits per heavy atom. The molecule has 1 aliphatic carbocycles. The summed E-state index contributed by atoms with van der Waals surface area (Å²) in [6.07, 6.45) is 4.32. The number of allylic oxidation sites excluding steroid dienone is 2. The van der Waals surface area contributed by atoms with Crippen molar-refractivity contribution in [2.75, 3.05) is 17.7 Å². The van der Waals surface area contributed by atoms with Gasteiger partial charge in [0, 0.05) is 10.6 Å². The first-order valence-corrected chi connectivity index (χ1v) is 11.6. The molecule has 0 radical (unpaired) electrons. The van der Waals surface area contributed by atoms with E-state index in [0.29, 0.717) is 24.2 Å². The molecule has 2 aromatic rings. The van der Waals surface area contributed by atoms with Crippen LogP contribution in [0.4, 0.5) is 11.4 Å². The number of benzene rings is 2. The van der Waals surface area contributed by atoms with Crippen LogP contribution in [-0.2, 0) is 19.1 Å². The fraction of sp³-hybridized carbons (Fsp3) is 0.280. The van der Waals surface area contributed by atoms with Gasteiger partial charge in [-0.1, -0.05) is 30.4 Å². The van der Waals surface area contributed by atoms with Gasteiger partial charge < -0.3 is 20.5 Å². The minimum Gasteiger partial charge on any atom is -0.481 e. The number of hydrogen-bond acceptors (Lipinski definition) is 6. The van der Waals surface area contributed by atoms with Gasteiger partial charge in [-0.25, -0.2) is 4.79 Å². The first-order chi connectivity index (χ1) is 16.3. The number of para-hydroxylation sites is 1. The first-order valence-electron chi connectivity index (χ1n) is 10.7. The summed E-state index contributed by atoms with van der Waals surface area (Å²) >= 11 is 1.29. The molecular formula is C25H26N2O6S. The lowest BCUT2D eigenvalue weighted by molar-refractivity contribution is -0.146. The van der Waals surface area contributed by atoms with E-state index in [2.05, 4.69) is 10.6 Å². The highest BCUT2D eigenvalue weighted by atomic mass is 32.2. The van der Waals surface area contributed by atoms with E-state index < -0.39 is 29.0 Å². The Morgan fingerprint density at radius 1 is 1.00 bits per heavy atom. The highest BCUT2D eigenvalue weighted by Gasteiger charge is 2.34. The predicted molar refractivity (Wildman–Crippen MR) is 130 cm³/mol. The van der Waals surface area contributed by atoms with Gasteiger partial charge in [-0.3, -0.25) is 14.4 Å². The number of nitrogens with one attached hydrogen (secondary N) is 2. The summed E-state index contributed by atoms with van der Waals surface area (Å²) in [6.45, 7) is 1.73. The molecule has 0 aromatic heterocycles. The number of methoxy groups -OCH3 is 1. The predicted octanol–water partition coefficient (Wildman–Crippen LogP) is 4.20. The highest BCUT2D eigenvalue weighted by Crippen LogP contribution is 2.30. The van der Waals surface area contributed by atoms with Crippen LogP contribution in [0.25, 0.3) is 0 Å². The van der Waals surface area contributed by atoms with Crippen LogP contribution in [0.15, 0.2) is 65.6 Å². The highest BCUT2D eigenvalue weighted by molar-refractivity contribution is 8.00. The number of carboxylic acid groups (broad SMARTS) is 1. The molecule has 0 fully saturated rings. The Balaban J connectivity index is 1.64. The van der Waals surface area contributed by atoms with E-state index >= 15 is 0 Å². The number of esters is 1. The smallest absolute Gasteiger partial charge is 0.339 e. The molecule has 3 N–H and O–H groups in total. The van der Waals surface area contributed by atoms with Crippen molar-refractivity contribution >= 4 is 46.9 Å². The van der Waals surface area contributed by atoms with Crippen molar-refractivity contribution in [2.24, 2.45) is 11.8 Å². The first kappa shape index (κ1) is 25.0. The third kappa shape index (κ3) is 6.26. The van der Waals surface area contributed by atoms with Crippen LogP contribution in [0.2, 0.25) is 0 Å². The Kier molecular flexibility index (Phi) is 8.48. The van der Waals surface area contributed by atoms with Crippen molar-refractivity contribution in [3.63, 3.8) is 0 Å². The normalized spacial score (nSPS) is 17.9. The van der Waals surface area contributed by atoms with E-state index in [4.69, 9.17) is 4.74 Å². The number of ether oxygens (including phenoxy) is 1. The second-order valence-electron chi connectivity index (χ2n) is 7.80. The summed E-state index contributed by atoms with van der Waals surface area (Å²) in [5.74, 6) is -3.56. The number of rotatable bonds is 8. The number of anilines is 2. The minimum absolute atomic E-state index is 0.262. The van der Waals surface area contributed by atoms with Crippen molar-refractivity contribution < 1.29 is 29.0 Å². The van der Waals surface area contributed by atoms with Gasteiger partial charge in [0.15, 0.2) is 0 Å². The maximum absolute atomic E-state index is 12.7. The van der Waals surface area contributed by atoms with Gasteiger partial charge in [-0.2, -0.15) is 0 Å². The van der Waals surface area contributed by atoms with Gasteiger partial charge in [-0.05, 0) is 50.1 Å². The molecule has 34 heavy (non-hydrogen) atoms. The second kappa shape index (κ2) is 11.5. The maximum Gasteiger partial charge on any atom is 0.339 e. The van der Waals surface area contributed by atoms with Crippen LogP contribution >= 0.6 is 11.8 Å². The van der Waals surface area contributed by atoms with Gasteiger partial charge in [-0.15, -0.1) is 11.8 Å². The van der Waals surface area contributed by atoms with Crippen molar-refractivity contribution in [1.82, 2.24) is 0 Å². The molecule has 8 nitrogen and oxygen atoms in total. The van der Waals surface area contributed by atoms with E-state index in [-0.39, 0.29) is 17.4 Å². The lowest BCUT2D eigenvalue weighted by Crippen LogP contribution is -2.34. The third-order valence-electron chi connectivity index (χ3n) is 5.46. The Labute approximate surface area is 201 Å². The van der Waals surface area contributed by atoms with E-state index in [1.807, 2.05) is 12.1 Å². The lowest BCUT2D eigenvalue weighted by Gasteiger charge is -2.24. The molecule has 9 heteroatoms. The fourth-order valence-electron chi connectivity index (χ4n) is 3.63. The van der Waals surface area contributed by atoms with Crippen molar-refractivity contribution in [3.05, 3.63) is 66.2 Å². The number of carboxylic acids is 1. The van der Waals surface area contributed by atoms with E-state index in [0.717, 1.165) is 4.90 Å². The summed E-state index contributed by atoms with van der Waals surface area (Å²) in [5, 5.41) is 14.5. The number of amides is 2. The molecule has 0 aliphatic heterocycles. The molecule has 0 bridgehead atoms. The summed E-state index contributed by atoms with van der Waals surface area (Å²) in [6, 6.07) is 13.6. The van der Waals surface area contributed by atoms with Gasteiger partial charge >= 0.3 is 11.9 Å². The zero-order chi connectivity index (χ0) is 24.7. The van der Waals surface area contributed by atoms with E-state index in [1.54, 1.807) is 55.5 Å². The molecule has 0 heterocycles. The second-order valence-corrected chi connectivity index (χ2v) is 9.21. The third-order valence-corrected chi connectivity index (χ3v) is 6.55. The summed E-state index contributed by atoms with van der Waals surface area (Å²) in [5.41, 5.74) is 1.15. The molecule has 3 unspecified atom stereocenters. The molecule has 3 atom stereocenters. The van der Waals surface area contributed by atoms with Gasteiger partial charge in [0.2, 0.25) is 11.8 Å². The molecular weight excluding hydrogens is 456 g/mol. The van der Waals surface area contributed by atoms with E-state index in [1.165, 1.54) is 18.9 Å². The van der Waals surface area contributed by atoms with Gasteiger partial charge in [0.1, 0.15) is 0 Å². The summed E-state index contributed by atoms with van der Waals surface area (Å²) in [7, 11) is 1.28. The van der Waals surface area contributed by atoms with Crippen molar-refractivity contribution in [3.8, 4) is 0 Å². The fourth-order valence-corrected chi connectivity index (χ4v) is 4.56. The van der Waals surface area contributed by atoms with Crippen LogP contribution in [-0.4, -0.2) is 41.2 Å². The number of aliphatic carboxylic acids is 1. The van der Waals surface area contributed by atoms with Crippen LogP contribution in [0, 0.1) is 11.8 Å². The van der Waals surface area contributed by atoms with Gasteiger partial charge in [0.25, 0.3) is 0 Å². The molecule has 1 aliphatic rings. The molecule has 178 valence electrons. The zero-order valence-electron chi connectivity index (χ0n) is 18.8. The SMILES string of the molecule is COC(=O)c1ccccc1NC(=O)C(C)Sc1cccc(NC(=O)C2CC=CCC2C(=O)O)c1. The zero-order valence-corrected chi connectivity index (χ0v) is 19.6. The average molecular weight is 483 g/mol. The topological polar surface area (TPSA) is 122 Å². The number of carbonyl (C=O) groups excluding carboxylic acids is 3. The summed E-state index contributed by atoms with van der Waals surface area (Å²) < 4.78 is 4.76. The molecule has 0 saturated heterocycles. The van der Waals surface area contributed by atoms with Crippen molar-refractivity contribution in [1.29, 1.82) is 0 Å². The number of carbonyl (C=O) groups is 4. The Bertz CT molecular complexity index is 1120. The number of hydrogen-bond donors (Lipinski definition) is 3. The molecule has 0 saturated carbocycles. The Morgan fingerprint density at radius 3 is 2.41 bits per heavy atom. The van der Waals surface area contributed by atoms with Crippen LogP contribution in [0.3, 0.4) is 0 Å². The summed E-state index contributed by atoms with van der Waals surface area (Å²) in [4.78, 5) is 49.6. The monoisotopic (exact) mass is 482 g/mol.